The minimum atomic E-state index is 0.385. The Balaban J connectivity index is 2.69. The van der Waals surface area contributed by atoms with Crippen molar-refractivity contribution in [3.63, 3.8) is 0 Å². The number of hydrogen-bond donors (Lipinski definition) is 2. The third kappa shape index (κ3) is 0.932. The average Bonchev–Trinajstić information content (AvgIpc) is 2.66. The van der Waals surface area contributed by atoms with Gasteiger partial charge in [0.15, 0.2) is 5.82 Å². The number of nitrogen functional groups attached to an aromatic ring is 2. The summed E-state index contributed by atoms with van der Waals surface area (Å²) >= 11 is 0. The van der Waals surface area contributed by atoms with Gasteiger partial charge < -0.3 is 20.7 Å². The fourth-order valence-electron chi connectivity index (χ4n) is 1.28. The SMILES string of the molecule is CCOn1c(N)c(N)c2ccoc21. The van der Waals surface area contributed by atoms with Crippen molar-refractivity contribution in [3.05, 3.63) is 12.3 Å². The number of nitrogens with two attached hydrogens (primary N) is 2. The summed E-state index contributed by atoms with van der Waals surface area (Å²) in [5, 5.41) is 0.783. The van der Waals surface area contributed by atoms with Gasteiger partial charge in [0, 0.05) is 0 Å². The highest BCUT2D eigenvalue weighted by atomic mass is 16.7. The van der Waals surface area contributed by atoms with Gasteiger partial charge in [0.05, 0.1) is 17.3 Å². The topological polar surface area (TPSA) is 79.3 Å². The first-order chi connectivity index (χ1) is 6.25. The molecule has 0 radical (unpaired) electrons. The molecule has 5 heteroatoms. The Kier molecular flexibility index (Phi) is 1.58. The highest BCUT2D eigenvalue weighted by Gasteiger charge is 2.15. The zero-order valence-electron chi connectivity index (χ0n) is 7.28. The molecule has 5 nitrogen and oxygen atoms in total. The number of aromatic nitrogens is 1. The van der Waals surface area contributed by atoms with E-state index in [0.717, 1.165) is 5.39 Å². The maximum atomic E-state index is 5.73. The van der Waals surface area contributed by atoms with Crippen LogP contribution in [0.1, 0.15) is 6.92 Å². The molecular formula is C8H11N3O2. The summed E-state index contributed by atoms with van der Waals surface area (Å²) in [7, 11) is 0. The van der Waals surface area contributed by atoms with Crippen molar-refractivity contribution in [1.29, 1.82) is 0 Å². The van der Waals surface area contributed by atoms with Crippen LogP contribution in [0.5, 0.6) is 0 Å². The summed E-state index contributed by atoms with van der Waals surface area (Å²) in [6.45, 7) is 2.37. The van der Waals surface area contributed by atoms with E-state index in [9.17, 15) is 0 Å². The summed E-state index contributed by atoms with van der Waals surface area (Å²) < 4.78 is 6.59. The van der Waals surface area contributed by atoms with E-state index in [-0.39, 0.29) is 0 Å². The lowest BCUT2D eigenvalue weighted by Crippen LogP contribution is -2.13. The second-order valence-corrected chi connectivity index (χ2v) is 2.65. The Hall–Kier alpha value is -1.78. The molecule has 2 rings (SSSR count). The van der Waals surface area contributed by atoms with Crippen molar-refractivity contribution in [2.24, 2.45) is 0 Å². The van der Waals surface area contributed by atoms with Crippen LogP contribution in [0.4, 0.5) is 11.5 Å². The maximum absolute atomic E-state index is 5.73. The summed E-state index contributed by atoms with van der Waals surface area (Å²) in [5.74, 6) is 0.385. The van der Waals surface area contributed by atoms with Gasteiger partial charge in [-0.1, -0.05) is 0 Å². The Labute approximate surface area is 74.8 Å². The Morgan fingerprint density at radius 2 is 2.31 bits per heavy atom. The van der Waals surface area contributed by atoms with Gasteiger partial charge in [0.25, 0.3) is 0 Å². The third-order valence-corrected chi connectivity index (χ3v) is 1.87. The van der Waals surface area contributed by atoms with Crippen molar-refractivity contribution in [1.82, 2.24) is 4.73 Å². The van der Waals surface area contributed by atoms with Crippen molar-refractivity contribution in [2.45, 2.75) is 6.92 Å². The van der Waals surface area contributed by atoms with E-state index in [2.05, 4.69) is 0 Å². The van der Waals surface area contributed by atoms with Gasteiger partial charge >= 0.3 is 0 Å². The van der Waals surface area contributed by atoms with Crippen LogP contribution in [-0.4, -0.2) is 11.3 Å². The lowest BCUT2D eigenvalue weighted by atomic mass is 10.3. The molecule has 70 valence electrons. The molecule has 2 heterocycles. The normalized spacial score (nSPS) is 10.8. The molecule has 0 atom stereocenters. The highest BCUT2D eigenvalue weighted by molar-refractivity contribution is 5.95. The standard InChI is InChI=1S/C8H11N3O2/c1-2-13-11-7(10)6(9)5-3-4-12-8(5)11/h3-4H,2,9-10H2,1H3. The molecule has 13 heavy (non-hydrogen) atoms. The number of anilines is 2. The fraction of sp³-hybridized carbons (Fsp3) is 0.250. The van der Waals surface area contributed by atoms with Crippen molar-refractivity contribution in [2.75, 3.05) is 18.1 Å². The highest BCUT2D eigenvalue weighted by Crippen LogP contribution is 2.30. The minimum Gasteiger partial charge on any atom is -0.445 e. The second kappa shape index (κ2) is 2.62. The molecule has 2 aromatic rings. The van der Waals surface area contributed by atoms with E-state index in [0.29, 0.717) is 23.8 Å². The Morgan fingerprint density at radius 3 is 3.00 bits per heavy atom. The lowest BCUT2D eigenvalue weighted by molar-refractivity contribution is 0.129. The zero-order chi connectivity index (χ0) is 9.42. The number of nitrogens with zero attached hydrogens (tertiary/aromatic N) is 1. The largest absolute Gasteiger partial charge is 0.445 e. The Bertz CT molecular complexity index is 430. The molecule has 2 aromatic heterocycles. The molecule has 0 spiro atoms. The number of hydrogen-bond acceptors (Lipinski definition) is 4. The van der Waals surface area contributed by atoms with Crippen LogP contribution in [0.15, 0.2) is 16.7 Å². The summed E-state index contributed by atoms with van der Waals surface area (Å²) in [4.78, 5) is 5.25. The quantitative estimate of drug-likeness (QED) is 0.719. The third-order valence-electron chi connectivity index (χ3n) is 1.87. The second-order valence-electron chi connectivity index (χ2n) is 2.65. The molecular weight excluding hydrogens is 170 g/mol. The first kappa shape index (κ1) is 7.85. The van der Waals surface area contributed by atoms with Crippen molar-refractivity contribution in [3.8, 4) is 0 Å². The smallest absolute Gasteiger partial charge is 0.244 e. The molecule has 0 saturated heterocycles. The van der Waals surface area contributed by atoms with Crippen LogP contribution in [0.3, 0.4) is 0 Å². The van der Waals surface area contributed by atoms with Crippen LogP contribution in [-0.2, 0) is 0 Å². The van der Waals surface area contributed by atoms with Gasteiger partial charge in [-0.25, -0.2) is 0 Å². The molecule has 0 aliphatic heterocycles. The van der Waals surface area contributed by atoms with Gasteiger partial charge in [-0.3, -0.25) is 0 Å². The predicted molar refractivity (Wildman–Crippen MR) is 50.1 cm³/mol. The van der Waals surface area contributed by atoms with Crippen LogP contribution in [0.25, 0.3) is 11.1 Å². The van der Waals surface area contributed by atoms with Crippen LogP contribution in [0, 0.1) is 0 Å². The van der Waals surface area contributed by atoms with Crippen LogP contribution >= 0.6 is 0 Å². The van der Waals surface area contributed by atoms with E-state index in [1.165, 1.54) is 4.73 Å². The zero-order valence-corrected chi connectivity index (χ0v) is 7.28. The van der Waals surface area contributed by atoms with E-state index in [1.807, 2.05) is 6.92 Å². The Morgan fingerprint density at radius 1 is 1.54 bits per heavy atom. The van der Waals surface area contributed by atoms with Gasteiger partial charge in [0.1, 0.15) is 6.61 Å². The van der Waals surface area contributed by atoms with Gasteiger partial charge in [-0.15, -0.1) is 4.73 Å². The van der Waals surface area contributed by atoms with Crippen LogP contribution < -0.4 is 16.3 Å². The fourth-order valence-corrected chi connectivity index (χ4v) is 1.28. The summed E-state index contributed by atoms with van der Waals surface area (Å²) in [5.41, 5.74) is 12.5. The maximum Gasteiger partial charge on any atom is 0.244 e. The monoisotopic (exact) mass is 181 g/mol. The molecule has 0 amide bonds. The first-order valence-corrected chi connectivity index (χ1v) is 4.01. The molecule has 0 aliphatic rings. The van der Waals surface area contributed by atoms with E-state index >= 15 is 0 Å². The molecule has 0 aromatic carbocycles. The van der Waals surface area contributed by atoms with Gasteiger partial charge in [0.2, 0.25) is 5.71 Å². The average molecular weight is 181 g/mol. The summed E-state index contributed by atoms with van der Waals surface area (Å²) in [6, 6.07) is 1.76. The summed E-state index contributed by atoms with van der Waals surface area (Å²) in [6.07, 6.45) is 1.55. The molecule has 0 fully saturated rings. The van der Waals surface area contributed by atoms with E-state index in [4.69, 9.17) is 20.7 Å². The molecule has 0 aliphatic carbocycles. The molecule has 0 unspecified atom stereocenters. The number of rotatable bonds is 2. The predicted octanol–water partition coefficient (Wildman–Crippen LogP) is 0.847. The lowest BCUT2D eigenvalue weighted by Gasteiger charge is -2.04. The molecule has 4 N–H and O–H groups in total. The van der Waals surface area contributed by atoms with Gasteiger partial charge in [-0.2, -0.15) is 0 Å². The molecule has 0 bridgehead atoms. The van der Waals surface area contributed by atoms with E-state index in [1.54, 1.807) is 12.3 Å². The van der Waals surface area contributed by atoms with Crippen molar-refractivity contribution >= 4 is 22.6 Å². The minimum absolute atomic E-state index is 0.385. The molecule has 0 saturated carbocycles. The van der Waals surface area contributed by atoms with Crippen molar-refractivity contribution < 1.29 is 9.25 Å². The first-order valence-electron chi connectivity index (χ1n) is 4.01. The number of fused-ring (bicyclic) bond motifs is 1. The van der Waals surface area contributed by atoms with E-state index < -0.39 is 0 Å². The van der Waals surface area contributed by atoms with Gasteiger partial charge in [-0.05, 0) is 13.0 Å². The van der Waals surface area contributed by atoms with Crippen LogP contribution in [0.2, 0.25) is 0 Å². The number of furan rings is 1.